The number of pyridine rings is 1. The molecule has 1 aromatic rings. The molecule has 2 atom stereocenters. The number of ether oxygens (including phenoxy) is 2. The zero-order valence-corrected chi connectivity index (χ0v) is 12.1. The second-order valence-corrected chi connectivity index (χ2v) is 6.27. The monoisotopic (exact) mass is 302 g/mol. The molecule has 1 fully saturated rings. The molecule has 0 aliphatic carbocycles. The van der Waals surface area contributed by atoms with Crippen LogP contribution in [0.2, 0.25) is 0 Å². The fraction of sp³-hybridized carbons (Fsp3) is 0.545. The summed E-state index contributed by atoms with van der Waals surface area (Å²) in [6, 6.07) is 3.00. The Morgan fingerprint density at radius 3 is 2.45 bits per heavy atom. The smallest absolute Gasteiger partial charge is 0.246 e. The van der Waals surface area contributed by atoms with Crippen LogP contribution in [-0.4, -0.2) is 57.2 Å². The third-order valence-electron chi connectivity index (χ3n) is 3.31. The maximum absolute atomic E-state index is 12.6. The Kier molecular flexibility index (Phi) is 4.55. The third kappa shape index (κ3) is 2.63. The fourth-order valence-electron chi connectivity index (χ4n) is 2.21. The average Bonchev–Trinajstić information content (AvgIpc) is 2.91. The normalized spacial score (nSPS) is 23.9. The van der Waals surface area contributed by atoms with Crippen LogP contribution >= 0.6 is 0 Å². The number of hydrogen-bond acceptors (Lipinski definition) is 7. The van der Waals surface area contributed by atoms with Gasteiger partial charge in [-0.3, -0.25) is 0 Å². The Morgan fingerprint density at radius 1 is 1.35 bits per heavy atom. The van der Waals surface area contributed by atoms with E-state index in [1.165, 1.54) is 30.8 Å². The molecule has 1 aromatic heterocycles. The number of hydrazine groups is 1. The number of hydrogen-bond donors (Lipinski definition) is 2. The van der Waals surface area contributed by atoms with E-state index in [9.17, 15) is 8.42 Å². The number of aromatic nitrogens is 1. The highest BCUT2D eigenvalue weighted by Crippen LogP contribution is 2.26. The first-order valence-electron chi connectivity index (χ1n) is 6.02. The molecule has 2 unspecified atom stereocenters. The summed E-state index contributed by atoms with van der Waals surface area (Å²) in [5, 5.41) is 0. The molecule has 1 aliphatic heterocycles. The van der Waals surface area contributed by atoms with E-state index >= 15 is 0 Å². The van der Waals surface area contributed by atoms with Gasteiger partial charge in [-0.05, 0) is 12.1 Å². The van der Waals surface area contributed by atoms with Crippen molar-refractivity contribution in [2.45, 2.75) is 17.1 Å². The number of nitrogens with two attached hydrogens (primary N) is 1. The summed E-state index contributed by atoms with van der Waals surface area (Å²) < 4.78 is 37.0. The number of anilines is 1. The maximum atomic E-state index is 12.6. The number of nitrogens with zero attached hydrogens (tertiary/aromatic N) is 2. The van der Waals surface area contributed by atoms with E-state index in [4.69, 9.17) is 15.3 Å². The van der Waals surface area contributed by atoms with Gasteiger partial charge in [0.15, 0.2) is 5.82 Å². The van der Waals surface area contributed by atoms with Gasteiger partial charge in [0.05, 0.1) is 12.2 Å². The first-order chi connectivity index (χ1) is 9.54. The summed E-state index contributed by atoms with van der Waals surface area (Å²) in [5.74, 6) is 5.42. The quantitative estimate of drug-likeness (QED) is 0.552. The molecule has 2 rings (SSSR count). The highest BCUT2D eigenvalue weighted by molar-refractivity contribution is 7.89. The van der Waals surface area contributed by atoms with Crippen LogP contribution < -0.4 is 11.3 Å². The first-order valence-corrected chi connectivity index (χ1v) is 7.46. The van der Waals surface area contributed by atoms with Crippen molar-refractivity contribution in [2.75, 3.05) is 32.7 Å². The van der Waals surface area contributed by atoms with Crippen LogP contribution in [0.1, 0.15) is 0 Å². The molecule has 0 amide bonds. The molecule has 2 heterocycles. The standard InChI is InChI=1S/C11H18N4O4S/c1-18-8-6-15(7-9(8)19-2)20(16,17)10-4-3-5-13-11(10)14-12/h3-5,8-9H,6-7,12H2,1-2H3,(H,13,14). The number of nitrogens with one attached hydrogen (secondary N) is 1. The van der Waals surface area contributed by atoms with Gasteiger partial charge in [-0.25, -0.2) is 19.2 Å². The van der Waals surface area contributed by atoms with Crippen molar-refractivity contribution in [2.24, 2.45) is 5.84 Å². The minimum Gasteiger partial charge on any atom is -0.377 e. The van der Waals surface area contributed by atoms with Gasteiger partial charge < -0.3 is 14.9 Å². The van der Waals surface area contributed by atoms with Crippen molar-refractivity contribution in [1.29, 1.82) is 0 Å². The molecule has 1 aliphatic rings. The number of rotatable bonds is 5. The lowest BCUT2D eigenvalue weighted by molar-refractivity contribution is -0.00461. The van der Waals surface area contributed by atoms with Crippen LogP contribution in [0.4, 0.5) is 5.82 Å². The predicted molar refractivity (Wildman–Crippen MR) is 72.4 cm³/mol. The molecular weight excluding hydrogens is 284 g/mol. The summed E-state index contributed by atoms with van der Waals surface area (Å²) >= 11 is 0. The van der Waals surface area contributed by atoms with Gasteiger partial charge in [0.1, 0.15) is 4.90 Å². The van der Waals surface area contributed by atoms with Gasteiger partial charge in [-0.1, -0.05) is 0 Å². The van der Waals surface area contributed by atoms with E-state index < -0.39 is 10.0 Å². The fourth-order valence-corrected chi connectivity index (χ4v) is 3.78. The van der Waals surface area contributed by atoms with Crippen molar-refractivity contribution in [3.05, 3.63) is 18.3 Å². The molecule has 8 nitrogen and oxygen atoms in total. The molecule has 20 heavy (non-hydrogen) atoms. The largest absolute Gasteiger partial charge is 0.377 e. The van der Waals surface area contributed by atoms with Crippen molar-refractivity contribution < 1.29 is 17.9 Å². The Labute approximate surface area is 117 Å². The summed E-state index contributed by atoms with van der Waals surface area (Å²) in [5.41, 5.74) is 2.30. The van der Waals surface area contributed by atoms with Crippen LogP contribution in [0.15, 0.2) is 23.2 Å². The summed E-state index contributed by atoms with van der Waals surface area (Å²) in [6.07, 6.45) is 0.884. The van der Waals surface area contributed by atoms with Gasteiger partial charge in [-0.2, -0.15) is 4.31 Å². The zero-order chi connectivity index (χ0) is 14.8. The topological polar surface area (TPSA) is 107 Å². The third-order valence-corrected chi connectivity index (χ3v) is 5.18. The van der Waals surface area contributed by atoms with Crippen molar-refractivity contribution >= 4 is 15.8 Å². The molecule has 9 heteroatoms. The van der Waals surface area contributed by atoms with Gasteiger partial charge in [0.2, 0.25) is 10.0 Å². The van der Waals surface area contributed by atoms with Crippen molar-refractivity contribution in [3.63, 3.8) is 0 Å². The van der Waals surface area contributed by atoms with Crippen molar-refractivity contribution in [1.82, 2.24) is 9.29 Å². The second kappa shape index (κ2) is 6.02. The lowest BCUT2D eigenvalue weighted by Gasteiger charge is -2.17. The number of methoxy groups -OCH3 is 2. The Balaban J connectivity index is 2.32. The highest BCUT2D eigenvalue weighted by Gasteiger charge is 2.40. The van der Waals surface area contributed by atoms with Crippen LogP contribution in [0, 0.1) is 0 Å². The second-order valence-electron chi connectivity index (χ2n) is 4.36. The average molecular weight is 302 g/mol. The van der Waals surface area contributed by atoms with Crippen LogP contribution in [0.3, 0.4) is 0 Å². The molecule has 0 saturated carbocycles. The van der Waals surface area contributed by atoms with Crippen LogP contribution in [0.5, 0.6) is 0 Å². The number of sulfonamides is 1. The summed E-state index contributed by atoms with van der Waals surface area (Å²) in [4.78, 5) is 3.94. The van der Waals surface area contributed by atoms with E-state index in [1.807, 2.05) is 0 Å². The first kappa shape index (κ1) is 15.1. The molecule has 0 bridgehead atoms. The lowest BCUT2D eigenvalue weighted by Crippen LogP contribution is -2.31. The molecule has 1 saturated heterocycles. The maximum Gasteiger partial charge on any atom is 0.246 e. The van der Waals surface area contributed by atoms with E-state index in [2.05, 4.69) is 10.4 Å². The number of nitrogen functional groups attached to an aromatic ring is 1. The zero-order valence-electron chi connectivity index (χ0n) is 11.3. The van der Waals surface area contributed by atoms with Gasteiger partial charge in [0, 0.05) is 33.5 Å². The van der Waals surface area contributed by atoms with E-state index in [1.54, 1.807) is 6.07 Å². The summed E-state index contributed by atoms with van der Waals surface area (Å²) in [7, 11) is -0.636. The molecule has 0 aromatic carbocycles. The van der Waals surface area contributed by atoms with Crippen molar-refractivity contribution in [3.8, 4) is 0 Å². The molecule has 112 valence electrons. The van der Waals surface area contributed by atoms with E-state index in [0.717, 1.165) is 0 Å². The minimum absolute atomic E-state index is 0.0362. The van der Waals surface area contributed by atoms with Crippen LogP contribution in [-0.2, 0) is 19.5 Å². The lowest BCUT2D eigenvalue weighted by atomic mass is 10.3. The van der Waals surface area contributed by atoms with Gasteiger partial charge >= 0.3 is 0 Å². The Hall–Kier alpha value is -1.26. The van der Waals surface area contributed by atoms with E-state index in [-0.39, 0.29) is 36.0 Å². The SMILES string of the molecule is COC1CN(S(=O)(=O)c2cccnc2NN)CC1OC. The Bertz CT molecular complexity index is 553. The predicted octanol–water partition coefficient (Wildman–Crippen LogP) is -0.598. The molecule has 0 radical (unpaired) electrons. The molecule has 3 N–H and O–H groups in total. The van der Waals surface area contributed by atoms with E-state index in [0.29, 0.717) is 0 Å². The molecular formula is C11H18N4O4S. The van der Waals surface area contributed by atoms with Crippen LogP contribution in [0.25, 0.3) is 0 Å². The summed E-state index contributed by atoms with van der Waals surface area (Å²) in [6.45, 7) is 0.465. The molecule has 0 spiro atoms. The van der Waals surface area contributed by atoms with Gasteiger partial charge in [0.25, 0.3) is 0 Å². The highest BCUT2D eigenvalue weighted by atomic mass is 32.2. The Morgan fingerprint density at radius 2 is 1.95 bits per heavy atom. The van der Waals surface area contributed by atoms with Gasteiger partial charge in [-0.15, -0.1) is 0 Å². The minimum atomic E-state index is -3.70.